The number of hydrogen-bond acceptors (Lipinski definition) is 5. The lowest BCUT2D eigenvalue weighted by atomic mass is 10.1. The highest BCUT2D eigenvalue weighted by molar-refractivity contribution is 5.83. The van der Waals surface area contributed by atoms with E-state index in [9.17, 15) is 9.59 Å². The van der Waals surface area contributed by atoms with Gasteiger partial charge in [-0.2, -0.15) is 0 Å². The fraction of sp³-hybridized carbons (Fsp3) is 0.636. The molecule has 0 bridgehead atoms. The Hall–Kier alpha value is -1.96. The van der Waals surface area contributed by atoms with Gasteiger partial charge in [0.25, 0.3) is 0 Å². The molecule has 0 saturated carbocycles. The van der Waals surface area contributed by atoms with Crippen molar-refractivity contribution in [3.8, 4) is 0 Å². The quantitative estimate of drug-likeness (QED) is 0.584. The minimum atomic E-state index is -1.02. The Morgan fingerprint density at radius 2 is 2.32 bits per heavy atom. The van der Waals surface area contributed by atoms with Crippen LogP contribution in [0.2, 0.25) is 0 Å². The van der Waals surface area contributed by atoms with E-state index in [1.165, 1.54) is 4.68 Å². The molecule has 0 spiro atoms. The average Bonchev–Trinajstić information content (AvgIpc) is 2.81. The molecule has 1 aromatic rings. The van der Waals surface area contributed by atoms with Gasteiger partial charge in [-0.1, -0.05) is 25.0 Å². The summed E-state index contributed by atoms with van der Waals surface area (Å²) in [4.78, 5) is 22.7. The normalized spacial score (nSPS) is 12.1. The zero-order valence-corrected chi connectivity index (χ0v) is 10.9. The fourth-order valence-corrected chi connectivity index (χ4v) is 1.56. The number of nitrogens with one attached hydrogen (secondary N) is 1. The van der Waals surface area contributed by atoms with Crippen LogP contribution in [0.4, 0.5) is 0 Å². The van der Waals surface area contributed by atoms with Crippen molar-refractivity contribution in [2.24, 2.45) is 5.73 Å². The molecule has 0 aromatic carbocycles. The minimum Gasteiger partial charge on any atom is -0.480 e. The standard InChI is InChI=1S/C11H19N5O3/c1-2-3-4-9(11(18)19)13-10(17)7-16-6-8(5-12)14-15-16/h6,9H,2-5,7,12H2,1H3,(H,13,17)(H,18,19). The van der Waals surface area contributed by atoms with Crippen molar-refractivity contribution in [1.29, 1.82) is 0 Å². The number of unbranched alkanes of at least 4 members (excludes halogenated alkanes) is 1. The predicted octanol–water partition coefficient (Wildman–Crippen LogP) is -0.504. The summed E-state index contributed by atoms with van der Waals surface area (Å²) in [6, 6.07) is -0.857. The lowest BCUT2D eigenvalue weighted by molar-refractivity contribution is -0.142. The number of nitrogens with two attached hydrogens (primary N) is 1. The summed E-state index contributed by atoms with van der Waals surface area (Å²) in [6.45, 7) is 2.14. The second kappa shape index (κ2) is 7.47. The summed E-state index contributed by atoms with van der Waals surface area (Å²) < 4.78 is 1.33. The van der Waals surface area contributed by atoms with Crippen LogP contribution in [0.1, 0.15) is 31.9 Å². The second-order valence-electron chi connectivity index (χ2n) is 4.21. The molecule has 0 aliphatic heterocycles. The third-order valence-corrected chi connectivity index (χ3v) is 2.58. The summed E-state index contributed by atoms with van der Waals surface area (Å²) in [5.74, 6) is -1.43. The van der Waals surface area contributed by atoms with Crippen LogP contribution >= 0.6 is 0 Å². The maximum atomic E-state index is 11.7. The first-order chi connectivity index (χ1) is 9.06. The molecule has 1 heterocycles. The second-order valence-corrected chi connectivity index (χ2v) is 4.21. The number of carbonyl (C=O) groups excluding carboxylic acids is 1. The summed E-state index contributed by atoms with van der Waals surface area (Å²) in [6.07, 6.45) is 3.60. The molecule has 8 heteroatoms. The van der Waals surface area contributed by atoms with Gasteiger partial charge in [-0.3, -0.25) is 4.79 Å². The van der Waals surface area contributed by atoms with Crippen molar-refractivity contribution in [1.82, 2.24) is 20.3 Å². The number of aromatic nitrogens is 3. The average molecular weight is 269 g/mol. The number of carboxylic acids is 1. The first kappa shape index (κ1) is 15.1. The highest BCUT2D eigenvalue weighted by atomic mass is 16.4. The SMILES string of the molecule is CCCCC(NC(=O)Cn1cc(CN)nn1)C(=O)O. The molecular weight excluding hydrogens is 250 g/mol. The van der Waals surface area contributed by atoms with E-state index in [0.717, 1.165) is 12.8 Å². The maximum absolute atomic E-state index is 11.7. The Labute approximate surface area is 111 Å². The van der Waals surface area contributed by atoms with Crippen LogP contribution in [0.3, 0.4) is 0 Å². The van der Waals surface area contributed by atoms with E-state index < -0.39 is 17.9 Å². The number of carbonyl (C=O) groups is 2. The number of carboxylic acid groups (broad SMARTS) is 1. The van der Waals surface area contributed by atoms with Gasteiger partial charge in [-0.15, -0.1) is 5.10 Å². The molecule has 1 aromatic heterocycles. The van der Waals surface area contributed by atoms with E-state index in [2.05, 4.69) is 15.6 Å². The Balaban J connectivity index is 2.49. The van der Waals surface area contributed by atoms with Gasteiger partial charge in [0.1, 0.15) is 12.6 Å². The molecule has 8 nitrogen and oxygen atoms in total. The van der Waals surface area contributed by atoms with Gasteiger partial charge in [-0.25, -0.2) is 9.48 Å². The molecule has 1 unspecified atom stereocenters. The number of hydrogen-bond donors (Lipinski definition) is 3. The summed E-state index contributed by atoms with van der Waals surface area (Å²) in [5.41, 5.74) is 5.95. The van der Waals surface area contributed by atoms with Gasteiger partial charge < -0.3 is 16.2 Å². The lowest BCUT2D eigenvalue weighted by Crippen LogP contribution is -2.42. The van der Waals surface area contributed by atoms with E-state index in [1.54, 1.807) is 6.20 Å². The van der Waals surface area contributed by atoms with E-state index >= 15 is 0 Å². The highest BCUT2D eigenvalue weighted by Crippen LogP contribution is 2.01. The first-order valence-electron chi connectivity index (χ1n) is 6.18. The lowest BCUT2D eigenvalue weighted by Gasteiger charge is -2.13. The predicted molar refractivity (Wildman–Crippen MR) is 67.0 cm³/mol. The van der Waals surface area contributed by atoms with E-state index in [4.69, 9.17) is 10.8 Å². The number of nitrogens with zero attached hydrogens (tertiary/aromatic N) is 3. The van der Waals surface area contributed by atoms with E-state index in [1.807, 2.05) is 6.92 Å². The summed E-state index contributed by atoms with van der Waals surface area (Å²) in [5, 5.41) is 18.9. The number of rotatable bonds is 8. The number of amides is 1. The minimum absolute atomic E-state index is 0.0666. The molecule has 0 fully saturated rings. The van der Waals surface area contributed by atoms with Crippen molar-refractivity contribution in [3.63, 3.8) is 0 Å². The van der Waals surface area contributed by atoms with Gasteiger partial charge in [0.05, 0.1) is 11.9 Å². The molecule has 1 atom stereocenters. The van der Waals surface area contributed by atoms with Crippen LogP contribution in [-0.4, -0.2) is 38.0 Å². The zero-order chi connectivity index (χ0) is 14.3. The maximum Gasteiger partial charge on any atom is 0.326 e. The van der Waals surface area contributed by atoms with Crippen molar-refractivity contribution < 1.29 is 14.7 Å². The van der Waals surface area contributed by atoms with Crippen LogP contribution in [-0.2, 0) is 22.7 Å². The Bertz CT molecular complexity index is 432. The van der Waals surface area contributed by atoms with Crippen molar-refractivity contribution >= 4 is 11.9 Å². The third-order valence-electron chi connectivity index (χ3n) is 2.58. The highest BCUT2D eigenvalue weighted by Gasteiger charge is 2.19. The van der Waals surface area contributed by atoms with Crippen LogP contribution in [0.15, 0.2) is 6.20 Å². The van der Waals surface area contributed by atoms with E-state index in [0.29, 0.717) is 12.1 Å². The van der Waals surface area contributed by atoms with Crippen molar-refractivity contribution in [2.45, 2.75) is 45.3 Å². The molecule has 0 saturated heterocycles. The van der Waals surface area contributed by atoms with Gasteiger partial charge in [0.15, 0.2) is 0 Å². The third kappa shape index (κ3) is 5.04. The molecule has 19 heavy (non-hydrogen) atoms. The molecule has 1 amide bonds. The van der Waals surface area contributed by atoms with Crippen LogP contribution in [0, 0.1) is 0 Å². The van der Waals surface area contributed by atoms with Gasteiger partial charge in [0.2, 0.25) is 5.91 Å². The fourth-order valence-electron chi connectivity index (χ4n) is 1.56. The van der Waals surface area contributed by atoms with Crippen LogP contribution in [0.25, 0.3) is 0 Å². The van der Waals surface area contributed by atoms with Crippen molar-refractivity contribution in [3.05, 3.63) is 11.9 Å². The Kier molecular flexibility index (Phi) is 5.94. The zero-order valence-electron chi connectivity index (χ0n) is 10.9. The summed E-state index contributed by atoms with van der Waals surface area (Å²) in [7, 11) is 0. The Morgan fingerprint density at radius 3 is 2.84 bits per heavy atom. The van der Waals surface area contributed by atoms with Gasteiger partial charge in [0, 0.05) is 6.54 Å². The van der Waals surface area contributed by atoms with E-state index in [-0.39, 0.29) is 13.1 Å². The molecule has 4 N–H and O–H groups in total. The summed E-state index contributed by atoms with van der Waals surface area (Å²) >= 11 is 0. The molecule has 0 radical (unpaired) electrons. The topological polar surface area (TPSA) is 123 Å². The molecule has 0 aliphatic rings. The molecule has 1 rings (SSSR count). The van der Waals surface area contributed by atoms with Gasteiger partial charge >= 0.3 is 5.97 Å². The van der Waals surface area contributed by atoms with Gasteiger partial charge in [-0.05, 0) is 6.42 Å². The van der Waals surface area contributed by atoms with Crippen LogP contribution in [0.5, 0.6) is 0 Å². The molecule has 106 valence electrons. The smallest absolute Gasteiger partial charge is 0.326 e. The largest absolute Gasteiger partial charge is 0.480 e. The molecular formula is C11H19N5O3. The molecule has 0 aliphatic carbocycles. The van der Waals surface area contributed by atoms with Crippen LogP contribution < -0.4 is 11.1 Å². The first-order valence-corrected chi connectivity index (χ1v) is 6.18. The number of aliphatic carboxylic acids is 1. The monoisotopic (exact) mass is 269 g/mol. The Morgan fingerprint density at radius 1 is 1.58 bits per heavy atom. The van der Waals surface area contributed by atoms with Crippen molar-refractivity contribution in [2.75, 3.05) is 0 Å².